The maximum Gasteiger partial charge on any atom is 0.0976 e. The number of hydrogen-bond donors (Lipinski definition) is 0. The first-order chi connectivity index (χ1) is 15.7. The molecule has 32 heavy (non-hydrogen) atoms. The summed E-state index contributed by atoms with van der Waals surface area (Å²) in [7, 11) is 0. The topological polar surface area (TPSA) is 75.9 Å². The third kappa shape index (κ3) is 7.14. The molecule has 4 rings (SSSR count). The molecule has 4 aromatic heterocycles. The second kappa shape index (κ2) is 11.7. The van der Waals surface area contributed by atoms with Gasteiger partial charge in [0.25, 0.3) is 0 Å². The van der Waals surface area contributed by atoms with Crippen LogP contribution in [0.3, 0.4) is 0 Å². The Labute approximate surface area is 201 Å². The standard InChI is InChI=1S/C23H25IN8/c24-32-19-23(28-29-32)18-31(17-22-9-3-6-12-27-22)14-13-30(15-20-7-1-4-10-25-20)16-21-8-2-5-11-26-21/h1-12,19H,13-18H2. The Hall–Kier alpha value is -2.76. The first-order valence-corrected chi connectivity index (χ1v) is 11.4. The Morgan fingerprint density at radius 1 is 0.625 bits per heavy atom. The smallest absolute Gasteiger partial charge is 0.0976 e. The van der Waals surface area contributed by atoms with Crippen molar-refractivity contribution in [2.75, 3.05) is 13.1 Å². The molecule has 4 heterocycles. The summed E-state index contributed by atoms with van der Waals surface area (Å²) in [6.45, 7) is 4.69. The second-order valence-corrected chi connectivity index (χ2v) is 8.47. The average Bonchev–Trinajstić information content (AvgIpc) is 3.24. The minimum absolute atomic E-state index is 0.709. The molecule has 0 aliphatic rings. The zero-order chi connectivity index (χ0) is 22.0. The van der Waals surface area contributed by atoms with Crippen LogP contribution in [0.2, 0.25) is 0 Å². The lowest BCUT2D eigenvalue weighted by atomic mass is 10.2. The molecule has 0 saturated heterocycles. The van der Waals surface area contributed by atoms with Crippen LogP contribution in [0.4, 0.5) is 0 Å². The van der Waals surface area contributed by atoms with Crippen LogP contribution in [0.25, 0.3) is 0 Å². The Balaban J connectivity index is 1.46. The van der Waals surface area contributed by atoms with E-state index < -0.39 is 0 Å². The lowest BCUT2D eigenvalue weighted by Gasteiger charge is -2.27. The highest BCUT2D eigenvalue weighted by Crippen LogP contribution is 2.11. The maximum atomic E-state index is 4.52. The van der Waals surface area contributed by atoms with E-state index in [1.165, 1.54) is 0 Å². The van der Waals surface area contributed by atoms with Gasteiger partial charge in [0.1, 0.15) is 0 Å². The molecule has 0 aliphatic heterocycles. The molecule has 0 amide bonds. The number of nitrogens with zero attached hydrogens (tertiary/aromatic N) is 8. The van der Waals surface area contributed by atoms with Crippen molar-refractivity contribution in [3.8, 4) is 0 Å². The molecule has 0 fully saturated rings. The van der Waals surface area contributed by atoms with Crippen LogP contribution >= 0.6 is 22.9 Å². The van der Waals surface area contributed by atoms with Gasteiger partial charge in [0.2, 0.25) is 0 Å². The van der Waals surface area contributed by atoms with Gasteiger partial charge in [-0.05, 0) is 36.4 Å². The van der Waals surface area contributed by atoms with Crippen LogP contribution in [0.5, 0.6) is 0 Å². The van der Waals surface area contributed by atoms with Crippen molar-refractivity contribution >= 4 is 22.9 Å². The first-order valence-electron chi connectivity index (χ1n) is 10.5. The summed E-state index contributed by atoms with van der Waals surface area (Å²) in [6.07, 6.45) is 7.47. The molecule has 0 bridgehead atoms. The first kappa shape index (κ1) is 22.4. The molecule has 8 nitrogen and oxygen atoms in total. The van der Waals surface area contributed by atoms with E-state index in [0.717, 1.165) is 55.5 Å². The SMILES string of the molecule is In1cc(CN(CCN(Cc2ccccn2)Cc2ccccn2)Cc2ccccn2)nn1. The molecular weight excluding hydrogens is 515 g/mol. The summed E-state index contributed by atoms with van der Waals surface area (Å²) in [5.41, 5.74) is 4.08. The highest BCUT2D eigenvalue weighted by Gasteiger charge is 2.14. The lowest BCUT2D eigenvalue weighted by molar-refractivity contribution is 0.178. The average molecular weight is 540 g/mol. The molecule has 0 aliphatic carbocycles. The van der Waals surface area contributed by atoms with Crippen molar-refractivity contribution < 1.29 is 0 Å². The van der Waals surface area contributed by atoms with Gasteiger partial charge in [-0.3, -0.25) is 24.8 Å². The zero-order valence-electron chi connectivity index (χ0n) is 17.7. The van der Waals surface area contributed by atoms with Crippen LogP contribution in [0.1, 0.15) is 22.8 Å². The summed E-state index contributed by atoms with van der Waals surface area (Å²) in [5, 5.41) is 8.34. The van der Waals surface area contributed by atoms with Crippen molar-refractivity contribution in [2.45, 2.75) is 26.2 Å². The molecule has 0 atom stereocenters. The number of rotatable bonds is 11. The van der Waals surface area contributed by atoms with Crippen molar-refractivity contribution in [3.63, 3.8) is 0 Å². The lowest BCUT2D eigenvalue weighted by Crippen LogP contribution is -2.35. The number of hydrogen-bond acceptors (Lipinski definition) is 7. The Kier molecular flexibility index (Phi) is 8.23. The van der Waals surface area contributed by atoms with Gasteiger partial charge >= 0.3 is 0 Å². The van der Waals surface area contributed by atoms with Crippen LogP contribution in [-0.4, -0.2) is 51.0 Å². The van der Waals surface area contributed by atoms with Crippen molar-refractivity contribution in [3.05, 3.63) is 102 Å². The summed E-state index contributed by atoms with van der Waals surface area (Å²) in [5.74, 6) is 0. The summed E-state index contributed by atoms with van der Waals surface area (Å²) < 4.78 is 1.71. The predicted molar refractivity (Wildman–Crippen MR) is 130 cm³/mol. The van der Waals surface area contributed by atoms with E-state index in [2.05, 4.69) is 76.1 Å². The zero-order valence-corrected chi connectivity index (χ0v) is 19.9. The van der Waals surface area contributed by atoms with Gasteiger partial charge in [0.15, 0.2) is 0 Å². The van der Waals surface area contributed by atoms with Gasteiger partial charge in [0.05, 0.1) is 51.8 Å². The van der Waals surface area contributed by atoms with Gasteiger partial charge in [-0.15, -0.1) is 5.10 Å². The van der Waals surface area contributed by atoms with Gasteiger partial charge in [-0.25, -0.2) is 0 Å². The second-order valence-electron chi connectivity index (χ2n) is 7.48. The predicted octanol–water partition coefficient (Wildman–Crippen LogP) is 3.37. The van der Waals surface area contributed by atoms with E-state index in [1.807, 2.05) is 61.2 Å². The molecular formula is C23H25IN8. The van der Waals surface area contributed by atoms with E-state index in [4.69, 9.17) is 0 Å². The third-order valence-electron chi connectivity index (χ3n) is 4.97. The molecule has 0 spiro atoms. The molecule has 9 heteroatoms. The van der Waals surface area contributed by atoms with Gasteiger partial charge in [-0.1, -0.05) is 23.4 Å². The van der Waals surface area contributed by atoms with E-state index in [-0.39, 0.29) is 0 Å². The molecule has 0 N–H and O–H groups in total. The van der Waals surface area contributed by atoms with E-state index in [9.17, 15) is 0 Å². The molecule has 0 saturated carbocycles. The highest BCUT2D eigenvalue weighted by molar-refractivity contribution is 14.1. The fourth-order valence-corrected chi connectivity index (χ4v) is 3.87. The fourth-order valence-electron chi connectivity index (χ4n) is 3.45. The van der Waals surface area contributed by atoms with Crippen LogP contribution in [0, 0.1) is 0 Å². The number of halogens is 1. The summed E-state index contributed by atoms with van der Waals surface area (Å²) in [4.78, 5) is 18.3. The summed E-state index contributed by atoms with van der Waals surface area (Å²) in [6, 6.07) is 18.1. The van der Waals surface area contributed by atoms with Gasteiger partial charge in [-0.2, -0.15) is 2.90 Å². The van der Waals surface area contributed by atoms with Gasteiger partial charge in [0, 0.05) is 57.9 Å². The van der Waals surface area contributed by atoms with Crippen LogP contribution in [-0.2, 0) is 26.2 Å². The Bertz CT molecular complexity index is 1020. The Morgan fingerprint density at radius 3 is 1.41 bits per heavy atom. The van der Waals surface area contributed by atoms with Crippen LogP contribution < -0.4 is 0 Å². The normalized spacial score (nSPS) is 11.3. The van der Waals surface area contributed by atoms with Gasteiger partial charge < -0.3 is 0 Å². The molecule has 0 aromatic carbocycles. The van der Waals surface area contributed by atoms with Crippen molar-refractivity contribution in [1.29, 1.82) is 0 Å². The highest BCUT2D eigenvalue weighted by atomic mass is 127. The summed E-state index contributed by atoms with van der Waals surface area (Å²) >= 11 is 2.12. The van der Waals surface area contributed by atoms with Crippen molar-refractivity contribution in [1.82, 2.24) is 38.0 Å². The maximum absolute atomic E-state index is 4.52. The monoisotopic (exact) mass is 540 g/mol. The largest absolute Gasteiger partial charge is 0.290 e. The number of pyridine rings is 3. The minimum Gasteiger partial charge on any atom is -0.290 e. The fraction of sp³-hybridized carbons (Fsp3) is 0.261. The quantitative estimate of drug-likeness (QED) is 0.270. The molecule has 164 valence electrons. The third-order valence-corrected chi connectivity index (χ3v) is 5.44. The number of aromatic nitrogens is 6. The van der Waals surface area contributed by atoms with E-state index in [1.54, 1.807) is 2.90 Å². The minimum atomic E-state index is 0.709. The Morgan fingerprint density at radius 2 is 1.06 bits per heavy atom. The van der Waals surface area contributed by atoms with Crippen LogP contribution in [0.15, 0.2) is 79.4 Å². The van der Waals surface area contributed by atoms with E-state index in [0.29, 0.717) is 6.54 Å². The van der Waals surface area contributed by atoms with Crippen molar-refractivity contribution in [2.24, 2.45) is 0 Å². The molecule has 4 aromatic rings. The molecule has 0 radical (unpaired) electrons. The van der Waals surface area contributed by atoms with E-state index >= 15 is 0 Å². The molecule has 0 unspecified atom stereocenters.